The summed E-state index contributed by atoms with van der Waals surface area (Å²) in [6, 6.07) is 14.9. The minimum atomic E-state index is -0.566. The summed E-state index contributed by atoms with van der Waals surface area (Å²) < 4.78 is 4.90. The molecule has 0 bridgehead atoms. The second kappa shape index (κ2) is 8.89. The predicted octanol–water partition coefficient (Wildman–Crippen LogP) is 3.52. The maximum atomic E-state index is 11.7. The molecule has 5 heteroatoms. The topological polar surface area (TPSA) is 55.4 Å². The fraction of sp³-hybridized carbons (Fsp3) is 0.158. The molecule has 0 radical (unpaired) electrons. The van der Waals surface area contributed by atoms with E-state index >= 15 is 0 Å². The quantitative estimate of drug-likeness (QED) is 0.645. The Kier molecular flexibility index (Phi) is 6.58. The molecule has 0 fully saturated rings. The first-order valence-electron chi connectivity index (χ1n) is 7.46. The molecular weight excluding hydrogens is 326 g/mol. The first-order chi connectivity index (χ1) is 11.5. The van der Waals surface area contributed by atoms with Gasteiger partial charge in [0.2, 0.25) is 0 Å². The van der Waals surface area contributed by atoms with Gasteiger partial charge < -0.3 is 10.1 Å². The molecule has 0 saturated heterocycles. The molecule has 0 unspecified atom stereocenters. The first-order valence-corrected chi connectivity index (χ1v) is 7.84. The summed E-state index contributed by atoms with van der Waals surface area (Å²) >= 11 is 6.00. The second-order valence-electron chi connectivity index (χ2n) is 5.22. The van der Waals surface area contributed by atoms with Gasteiger partial charge in [0.25, 0.3) is 5.91 Å². The Bertz CT molecular complexity index is 739. The van der Waals surface area contributed by atoms with Gasteiger partial charge in [-0.1, -0.05) is 59.6 Å². The van der Waals surface area contributed by atoms with E-state index in [4.69, 9.17) is 16.3 Å². The van der Waals surface area contributed by atoms with Gasteiger partial charge in [-0.2, -0.15) is 0 Å². The van der Waals surface area contributed by atoms with Crippen LogP contribution in [0.25, 0.3) is 6.08 Å². The summed E-state index contributed by atoms with van der Waals surface area (Å²) in [4.78, 5) is 23.3. The van der Waals surface area contributed by atoms with Crippen molar-refractivity contribution in [3.8, 4) is 0 Å². The van der Waals surface area contributed by atoms with Crippen LogP contribution in [0.3, 0.4) is 0 Å². The van der Waals surface area contributed by atoms with Gasteiger partial charge in [-0.25, -0.2) is 4.79 Å². The number of esters is 1. The molecule has 0 spiro atoms. The van der Waals surface area contributed by atoms with Crippen molar-refractivity contribution < 1.29 is 14.3 Å². The molecule has 0 aromatic heterocycles. The van der Waals surface area contributed by atoms with E-state index in [9.17, 15) is 9.59 Å². The molecule has 0 aliphatic carbocycles. The zero-order valence-corrected chi connectivity index (χ0v) is 14.0. The van der Waals surface area contributed by atoms with Crippen molar-refractivity contribution in [2.75, 3.05) is 6.61 Å². The van der Waals surface area contributed by atoms with Gasteiger partial charge in [0.1, 0.15) is 0 Å². The van der Waals surface area contributed by atoms with Crippen molar-refractivity contribution in [3.63, 3.8) is 0 Å². The smallest absolute Gasteiger partial charge is 0.331 e. The van der Waals surface area contributed by atoms with E-state index in [1.165, 1.54) is 6.08 Å². The largest absolute Gasteiger partial charge is 0.452 e. The number of nitrogens with one attached hydrogen (secondary N) is 1. The Balaban J connectivity index is 1.74. The van der Waals surface area contributed by atoms with Gasteiger partial charge in [0.05, 0.1) is 0 Å². The van der Waals surface area contributed by atoms with Crippen LogP contribution in [0.5, 0.6) is 0 Å². The fourth-order valence-electron chi connectivity index (χ4n) is 1.91. The highest BCUT2D eigenvalue weighted by molar-refractivity contribution is 6.31. The van der Waals surface area contributed by atoms with Crippen LogP contribution < -0.4 is 5.32 Å². The minimum Gasteiger partial charge on any atom is -0.452 e. The average molecular weight is 344 g/mol. The number of benzene rings is 2. The van der Waals surface area contributed by atoms with Gasteiger partial charge >= 0.3 is 5.97 Å². The van der Waals surface area contributed by atoms with Crippen LogP contribution in [0.1, 0.15) is 16.7 Å². The number of rotatable bonds is 6. The monoisotopic (exact) mass is 343 g/mol. The standard InChI is InChI=1S/C19H18ClNO3/c1-14-6-8-15(9-7-14)10-11-19(23)24-13-18(22)21-12-16-4-2-3-5-17(16)20/h2-11H,12-13H2,1H3,(H,21,22)/b11-10+. The van der Waals surface area contributed by atoms with E-state index in [1.807, 2.05) is 49.4 Å². The molecule has 0 aliphatic rings. The van der Waals surface area contributed by atoms with Gasteiger partial charge in [-0.05, 0) is 30.2 Å². The zero-order valence-electron chi connectivity index (χ0n) is 13.3. The summed E-state index contributed by atoms with van der Waals surface area (Å²) in [6.07, 6.45) is 2.94. The van der Waals surface area contributed by atoms with Crippen molar-refractivity contribution in [3.05, 3.63) is 76.3 Å². The van der Waals surface area contributed by atoms with Gasteiger partial charge in [-0.15, -0.1) is 0 Å². The van der Waals surface area contributed by atoms with Crippen LogP contribution in [-0.4, -0.2) is 18.5 Å². The van der Waals surface area contributed by atoms with Gasteiger partial charge in [-0.3, -0.25) is 4.79 Å². The maximum absolute atomic E-state index is 11.7. The Hall–Kier alpha value is -2.59. The lowest BCUT2D eigenvalue weighted by Crippen LogP contribution is -2.28. The predicted molar refractivity (Wildman–Crippen MR) is 94.5 cm³/mol. The van der Waals surface area contributed by atoms with E-state index in [-0.39, 0.29) is 19.1 Å². The summed E-state index contributed by atoms with van der Waals surface area (Å²) in [6.45, 7) is 1.94. The molecule has 0 aliphatic heterocycles. The van der Waals surface area contributed by atoms with Crippen LogP contribution in [0, 0.1) is 6.92 Å². The maximum Gasteiger partial charge on any atom is 0.331 e. The Morgan fingerprint density at radius 3 is 2.54 bits per heavy atom. The number of ether oxygens (including phenoxy) is 1. The highest BCUT2D eigenvalue weighted by Crippen LogP contribution is 2.14. The zero-order chi connectivity index (χ0) is 17.4. The molecule has 2 aromatic rings. The lowest BCUT2D eigenvalue weighted by atomic mass is 10.1. The van der Waals surface area contributed by atoms with E-state index in [2.05, 4.69) is 5.32 Å². The summed E-state index contributed by atoms with van der Waals surface area (Å²) in [5, 5.41) is 3.23. The molecule has 24 heavy (non-hydrogen) atoms. The fourth-order valence-corrected chi connectivity index (χ4v) is 2.12. The van der Waals surface area contributed by atoms with Gasteiger partial charge in [0.15, 0.2) is 6.61 Å². The molecule has 2 aromatic carbocycles. The third kappa shape index (κ3) is 5.89. The summed E-state index contributed by atoms with van der Waals surface area (Å²) in [5.41, 5.74) is 2.84. The van der Waals surface area contributed by atoms with Crippen LogP contribution in [-0.2, 0) is 20.9 Å². The SMILES string of the molecule is Cc1ccc(/C=C/C(=O)OCC(=O)NCc2ccccc2Cl)cc1. The second-order valence-corrected chi connectivity index (χ2v) is 5.63. The Morgan fingerprint density at radius 2 is 1.83 bits per heavy atom. The summed E-state index contributed by atoms with van der Waals surface area (Å²) in [7, 11) is 0. The molecule has 1 amide bonds. The van der Waals surface area contributed by atoms with Crippen LogP contribution in [0.15, 0.2) is 54.6 Å². The molecule has 1 N–H and O–H groups in total. The van der Waals surface area contributed by atoms with Crippen molar-refractivity contribution >= 4 is 29.6 Å². The molecule has 0 heterocycles. The van der Waals surface area contributed by atoms with E-state index in [0.717, 1.165) is 16.7 Å². The van der Waals surface area contributed by atoms with E-state index < -0.39 is 5.97 Å². The normalized spacial score (nSPS) is 10.6. The number of halogens is 1. The van der Waals surface area contributed by atoms with Crippen LogP contribution >= 0.6 is 11.6 Å². The number of carbonyl (C=O) groups is 2. The minimum absolute atomic E-state index is 0.287. The van der Waals surface area contributed by atoms with Crippen molar-refractivity contribution in [2.45, 2.75) is 13.5 Å². The third-order valence-corrected chi connectivity index (χ3v) is 3.64. The van der Waals surface area contributed by atoms with Gasteiger partial charge in [0, 0.05) is 17.6 Å². The molecule has 124 valence electrons. The number of amides is 1. The number of carbonyl (C=O) groups excluding carboxylic acids is 2. The molecule has 0 saturated carbocycles. The number of hydrogen-bond acceptors (Lipinski definition) is 3. The van der Waals surface area contributed by atoms with Crippen molar-refractivity contribution in [2.24, 2.45) is 0 Å². The van der Waals surface area contributed by atoms with Crippen molar-refractivity contribution in [1.29, 1.82) is 0 Å². The lowest BCUT2D eigenvalue weighted by molar-refractivity contribution is -0.143. The Morgan fingerprint density at radius 1 is 1.12 bits per heavy atom. The average Bonchev–Trinajstić information content (AvgIpc) is 2.58. The van der Waals surface area contributed by atoms with Crippen molar-refractivity contribution in [1.82, 2.24) is 5.32 Å². The number of hydrogen-bond donors (Lipinski definition) is 1. The first kappa shape index (κ1) is 17.8. The lowest BCUT2D eigenvalue weighted by Gasteiger charge is -2.06. The highest BCUT2D eigenvalue weighted by atomic mass is 35.5. The molecule has 4 nitrogen and oxygen atoms in total. The molecule has 0 atom stereocenters. The summed E-state index contributed by atoms with van der Waals surface area (Å²) in [5.74, 6) is -0.949. The van der Waals surface area contributed by atoms with E-state index in [1.54, 1.807) is 12.1 Å². The molecule has 2 rings (SSSR count). The third-order valence-electron chi connectivity index (χ3n) is 3.27. The molecular formula is C19H18ClNO3. The highest BCUT2D eigenvalue weighted by Gasteiger charge is 2.06. The van der Waals surface area contributed by atoms with Crippen LogP contribution in [0.4, 0.5) is 0 Å². The Labute approximate surface area is 146 Å². The van der Waals surface area contributed by atoms with E-state index in [0.29, 0.717) is 5.02 Å². The van der Waals surface area contributed by atoms with Crippen LogP contribution in [0.2, 0.25) is 5.02 Å². The number of aryl methyl sites for hydroxylation is 1.